The number of hydrogen-bond donors (Lipinski definition) is 0. The molecule has 0 aliphatic rings. The molecule has 0 saturated carbocycles. The highest BCUT2D eigenvalue weighted by Crippen LogP contribution is 2.29. The van der Waals surface area contributed by atoms with Crippen LogP contribution in [-0.4, -0.2) is 26.5 Å². The van der Waals surface area contributed by atoms with Crippen LogP contribution in [0.4, 0.5) is 0 Å². The minimum absolute atomic E-state index is 0.666. The van der Waals surface area contributed by atoms with Gasteiger partial charge in [-0.15, -0.1) is 5.10 Å². The van der Waals surface area contributed by atoms with Crippen molar-refractivity contribution in [3.05, 3.63) is 59.7 Å². The Bertz CT molecular complexity index is 770. The molecular formula is C15H12N4OS. The summed E-state index contributed by atoms with van der Waals surface area (Å²) < 4.78 is 1.69. The molecule has 0 spiro atoms. The number of benzene rings is 2. The van der Waals surface area contributed by atoms with Crippen molar-refractivity contribution in [1.82, 2.24) is 20.2 Å². The number of aryl methyl sites for hydroxylation is 1. The lowest BCUT2D eigenvalue weighted by Crippen LogP contribution is -1.98. The largest absolute Gasteiger partial charge is 0.298 e. The highest BCUT2D eigenvalue weighted by molar-refractivity contribution is 7.99. The molecule has 21 heavy (non-hydrogen) atoms. The molecule has 0 saturated heterocycles. The number of carbonyl (C=O) groups is 1. The van der Waals surface area contributed by atoms with E-state index in [4.69, 9.17) is 0 Å². The highest BCUT2D eigenvalue weighted by Gasteiger charge is 2.11. The molecule has 0 atom stereocenters. The van der Waals surface area contributed by atoms with Gasteiger partial charge in [-0.05, 0) is 58.9 Å². The third-order valence-electron chi connectivity index (χ3n) is 2.98. The molecule has 104 valence electrons. The number of carbonyl (C=O) groups excluding carboxylic acids is 1. The number of aromatic nitrogens is 4. The zero-order chi connectivity index (χ0) is 14.7. The van der Waals surface area contributed by atoms with E-state index in [0.717, 1.165) is 22.4 Å². The van der Waals surface area contributed by atoms with Crippen LogP contribution in [0, 0.1) is 6.92 Å². The predicted octanol–water partition coefficient (Wildman–Crippen LogP) is 2.93. The van der Waals surface area contributed by atoms with Crippen LogP contribution in [0.1, 0.15) is 15.9 Å². The van der Waals surface area contributed by atoms with Gasteiger partial charge in [0.15, 0.2) is 0 Å². The van der Waals surface area contributed by atoms with Crippen molar-refractivity contribution in [2.45, 2.75) is 17.0 Å². The maximum absolute atomic E-state index is 10.8. The Morgan fingerprint density at radius 3 is 2.67 bits per heavy atom. The van der Waals surface area contributed by atoms with Gasteiger partial charge in [0.2, 0.25) is 5.16 Å². The van der Waals surface area contributed by atoms with Crippen molar-refractivity contribution < 1.29 is 4.79 Å². The minimum Gasteiger partial charge on any atom is -0.298 e. The molecule has 3 rings (SSSR count). The summed E-state index contributed by atoms with van der Waals surface area (Å²) >= 11 is 1.47. The highest BCUT2D eigenvalue weighted by atomic mass is 32.2. The van der Waals surface area contributed by atoms with Crippen LogP contribution in [0.5, 0.6) is 0 Å². The van der Waals surface area contributed by atoms with Gasteiger partial charge in [-0.25, -0.2) is 0 Å². The molecule has 2 aromatic carbocycles. The van der Waals surface area contributed by atoms with Gasteiger partial charge in [-0.3, -0.25) is 4.79 Å². The average Bonchev–Trinajstić information content (AvgIpc) is 2.98. The summed E-state index contributed by atoms with van der Waals surface area (Å²) in [7, 11) is 0. The number of rotatable bonds is 4. The molecule has 0 N–H and O–H groups in total. The molecule has 0 unspecified atom stereocenters. The summed E-state index contributed by atoms with van der Waals surface area (Å²) in [5, 5.41) is 12.5. The van der Waals surface area contributed by atoms with E-state index in [1.54, 1.807) is 10.7 Å². The molecule has 3 aromatic rings. The lowest BCUT2D eigenvalue weighted by Gasteiger charge is -2.06. The first-order valence-corrected chi connectivity index (χ1v) is 7.17. The summed E-state index contributed by atoms with van der Waals surface area (Å²) in [6, 6.07) is 15.3. The van der Waals surface area contributed by atoms with Crippen LogP contribution < -0.4 is 0 Å². The summed E-state index contributed by atoms with van der Waals surface area (Å²) in [5.74, 6) is 0. The third-order valence-corrected chi connectivity index (χ3v) is 4.09. The van der Waals surface area contributed by atoms with Gasteiger partial charge >= 0.3 is 0 Å². The van der Waals surface area contributed by atoms with Gasteiger partial charge in [0.1, 0.15) is 6.29 Å². The van der Waals surface area contributed by atoms with Crippen molar-refractivity contribution in [2.24, 2.45) is 0 Å². The third kappa shape index (κ3) is 2.85. The first kappa shape index (κ1) is 13.5. The summed E-state index contributed by atoms with van der Waals surface area (Å²) in [6.07, 6.45) is 0.843. The lowest BCUT2D eigenvalue weighted by molar-refractivity contribution is 0.112. The Labute approximate surface area is 126 Å². The molecule has 6 heteroatoms. The molecule has 1 aromatic heterocycles. The standard InChI is InChI=1S/C15H12N4OS/c1-11-9-12(10-20)7-8-14(11)21-15-16-17-18-19(15)13-5-3-2-4-6-13/h2-10H,1H3. The number of aldehydes is 1. The monoisotopic (exact) mass is 296 g/mol. The van der Waals surface area contributed by atoms with Crippen molar-refractivity contribution in [2.75, 3.05) is 0 Å². The summed E-state index contributed by atoms with van der Waals surface area (Å²) in [4.78, 5) is 11.8. The Morgan fingerprint density at radius 2 is 1.95 bits per heavy atom. The van der Waals surface area contributed by atoms with Gasteiger partial charge in [0, 0.05) is 10.5 Å². The first-order chi connectivity index (χ1) is 10.3. The average molecular weight is 296 g/mol. The second kappa shape index (κ2) is 5.88. The Kier molecular flexibility index (Phi) is 3.79. The van der Waals surface area contributed by atoms with Crippen LogP contribution in [0.25, 0.3) is 5.69 Å². The molecule has 0 aliphatic heterocycles. The summed E-state index contributed by atoms with van der Waals surface area (Å²) in [5.41, 5.74) is 2.60. The second-order valence-corrected chi connectivity index (χ2v) is 5.46. The van der Waals surface area contributed by atoms with Crippen LogP contribution in [0.2, 0.25) is 0 Å². The number of para-hydroxylation sites is 1. The van der Waals surface area contributed by atoms with Gasteiger partial charge < -0.3 is 0 Å². The van der Waals surface area contributed by atoms with E-state index < -0.39 is 0 Å². The number of nitrogens with zero attached hydrogens (tertiary/aromatic N) is 4. The maximum Gasteiger partial charge on any atom is 0.218 e. The van der Waals surface area contributed by atoms with E-state index in [-0.39, 0.29) is 0 Å². The minimum atomic E-state index is 0.666. The first-order valence-electron chi connectivity index (χ1n) is 6.35. The normalized spacial score (nSPS) is 10.5. The molecule has 0 aliphatic carbocycles. The van der Waals surface area contributed by atoms with Gasteiger partial charge in [-0.1, -0.05) is 24.3 Å². The molecule has 0 bridgehead atoms. The molecular weight excluding hydrogens is 284 g/mol. The van der Waals surface area contributed by atoms with Crippen LogP contribution in [0.3, 0.4) is 0 Å². The van der Waals surface area contributed by atoms with E-state index in [1.807, 2.05) is 49.4 Å². The predicted molar refractivity (Wildman–Crippen MR) is 79.8 cm³/mol. The van der Waals surface area contributed by atoms with Crippen molar-refractivity contribution in [3.63, 3.8) is 0 Å². The fraction of sp³-hybridized carbons (Fsp3) is 0.0667. The van der Waals surface area contributed by atoms with E-state index >= 15 is 0 Å². The fourth-order valence-corrected chi connectivity index (χ4v) is 2.79. The van der Waals surface area contributed by atoms with Crippen LogP contribution in [-0.2, 0) is 0 Å². The number of hydrogen-bond acceptors (Lipinski definition) is 5. The van der Waals surface area contributed by atoms with E-state index in [1.165, 1.54) is 11.8 Å². The van der Waals surface area contributed by atoms with E-state index in [0.29, 0.717) is 10.7 Å². The van der Waals surface area contributed by atoms with E-state index in [2.05, 4.69) is 15.5 Å². The van der Waals surface area contributed by atoms with Gasteiger partial charge in [-0.2, -0.15) is 4.68 Å². The zero-order valence-corrected chi connectivity index (χ0v) is 12.1. The topological polar surface area (TPSA) is 60.7 Å². The summed E-state index contributed by atoms with van der Waals surface area (Å²) in [6.45, 7) is 1.96. The smallest absolute Gasteiger partial charge is 0.218 e. The van der Waals surface area contributed by atoms with Gasteiger partial charge in [0.25, 0.3) is 0 Å². The molecule has 0 fully saturated rings. The Balaban J connectivity index is 1.93. The van der Waals surface area contributed by atoms with Crippen molar-refractivity contribution >= 4 is 18.0 Å². The van der Waals surface area contributed by atoms with Crippen molar-refractivity contribution in [3.8, 4) is 5.69 Å². The van der Waals surface area contributed by atoms with Crippen LogP contribution >= 0.6 is 11.8 Å². The SMILES string of the molecule is Cc1cc(C=O)ccc1Sc1nnnn1-c1ccccc1. The lowest BCUT2D eigenvalue weighted by atomic mass is 10.2. The Hall–Kier alpha value is -2.47. The number of tetrazole rings is 1. The van der Waals surface area contributed by atoms with Crippen molar-refractivity contribution in [1.29, 1.82) is 0 Å². The molecule has 5 nitrogen and oxygen atoms in total. The second-order valence-electron chi connectivity index (χ2n) is 4.45. The maximum atomic E-state index is 10.8. The molecule has 0 amide bonds. The van der Waals surface area contributed by atoms with E-state index in [9.17, 15) is 4.79 Å². The molecule has 1 heterocycles. The van der Waals surface area contributed by atoms with Gasteiger partial charge in [0.05, 0.1) is 5.69 Å². The quantitative estimate of drug-likeness (QED) is 0.693. The van der Waals surface area contributed by atoms with Crippen LogP contribution in [0.15, 0.2) is 58.6 Å². The zero-order valence-electron chi connectivity index (χ0n) is 11.3. The fourth-order valence-electron chi connectivity index (χ4n) is 1.93. The Morgan fingerprint density at radius 1 is 1.14 bits per heavy atom. The molecule has 0 radical (unpaired) electrons.